The number of aryl methyl sites for hydroxylation is 2. The van der Waals surface area contributed by atoms with Crippen LogP contribution in [0, 0.1) is 11.8 Å². The van der Waals surface area contributed by atoms with Crippen molar-refractivity contribution in [3.8, 4) is 0 Å². The molecule has 0 N–H and O–H groups in total. The molecule has 2 heteroatoms. The Kier molecular flexibility index (Phi) is 5.64. The van der Waals surface area contributed by atoms with E-state index >= 15 is 0 Å². The molecule has 0 aliphatic rings. The highest BCUT2D eigenvalue weighted by Crippen LogP contribution is 1.97. The second-order valence-corrected chi connectivity index (χ2v) is 2.63. The quantitative estimate of drug-likeness (QED) is 0.479. The predicted octanol–water partition coefficient (Wildman–Crippen LogP) is 1.56. The fourth-order valence-corrected chi connectivity index (χ4v) is 1.09. The topological polar surface area (TPSA) is 27.7 Å². The first-order valence-corrected chi connectivity index (χ1v) is 3.99. The molecule has 1 heterocycles. The van der Waals surface area contributed by atoms with Gasteiger partial charge in [0.1, 0.15) is 7.05 Å². The maximum Gasteiger partial charge on any atom is 0.171 e. The van der Waals surface area contributed by atoms with Crippen molar-refractivity contribution < 1.29 is 4.57 Å². The molecule has 0 aliphatic heterocycles. The van der Waals surface area contributed by atoms with Gasteiger partial charge in [0, 0.05) is 11.6 Å². The van der Waals surface area contributed by atoms with Crippen LogP contribution in [-0.2, 0) is 13.5 Å². The van der Waals surface area contributed by atoms with E-state index in [-0.39, 0.29) is 0 Å². The van der Waals surface area contributed by atoms with E-state index in [1.54, 1.807) is 0 Å². The zero-order valence-electron chi connectivity index (χ0n) is 7.62. The van der Waals surface area contributed by atoms with Gasteiger partial charge in [0.15, 0.2) is 12.4 Å². The third kappa shape index (κ3) is 3.72. The normalized spacial score (nSPS) is 8.33. The van der Waals surface area contributed by atoms with Gasteiger partial charge >= 0.3 is 0 Å². The van der Waals surface area contributed by atoms with Crippen molar-refractivity contribution in [2.45, 2.75) is 19.8 Å². The molecule has 0 unspecified atom stereocenters. The molecular weight excluding hydrogens is 148 g/mol. The van der Waals surface area contributed by atoms with Gasteiger partial charge in [0.2, 0.25) is 0 Å². The summed E-state index contributed by atoms with van der Waals surface area (Å²) in [5.41, 5.74) is 1.42. The van der Waals surface area contributed by atoms with Crippen LogP contribution in [0.3, 0.4) is 0 Å². The molecule has 0 aliphatic carbocycles. The Bertz CT molecular complexity index is 241. The average molecular weight is 162 g/mol. The highest BCUT2D eigenvalue weighted by Gasteiger charge is 1.94. The summed E-state index contributed by atoms with van der Waals surface area (Å²) in [6, 6.07) is 4.26. The number of pyridine rings is 1. The van der Waals surface area contributed by atoms with Crippen LogP contribution in [0.2, 0.25) is 0 Å². The van der Waals surface area contributed by atoms with Gasteiger partial charge in [-0.15, -0.1) is 0 Å². The van der Waals surface area contributed by atoms with Gasteiger partial charge in [-0.2, -0.15) is 0 Å². The lowest BCUT2D eigenvalue weighted by molar-refractivity contribution is -0.671. The average Bonchev–Trinajstić information content (AvgIpc) is 2.09. The number of rotatable bonds is 2. The Hall–Kier alpha value is -1.36. The van der Waals surface area contributed by atoms with E-state index in [9.17, 15) is 0 Å². The van der Waals surface area contributed by atoms with E-state index in [4.69, 9.17) is 11.8 Å². The molecule has 64 valence electrons. The molecule has 1 rings (SSSR count). The second kappa shape index (κ2) is 6.36. The molecule has 1 aromatic heterocycles. The number of nitrogens with zero attached hydrogens (tertiary/aromatic N) is 2. The Morgan fingerprint density at radius 3 is 2.67 bits per heavy atom. The smallest absolute Gasteiger partial charge is 0.171 e. The first-order valence-electron chi connectivity index (χ1n) is 3.99. The maximum absolute atomic E-state index is 6.25. The van der Waals surface area contributed by atoms with Crippen molar-refractivity contribution in [2.75, 3.05) is 0 Å². The molecule has 2 nitrogen and oxygen atoms in total. The van der Waals surface area contributed by atoms with E-state index in [1.807, 2.05) is 0 Å². The maximum atomic E-state index is 6.25. The van der Waals surface area contributed by atoms with Crippen molar-refractivity contribution in [2.24, 2.45) is 7.05 Å². The summed E-state index contributed by atoms with van der Waals surface area (Å²) in [6.07, 6.45) is 6.64. The largest absolute Gasteiger partial charge is 0.512 e. The van der Waals surface area contributed by atoms with Gasteiger partial charge < -0.3 is 11.8 Å². The van der Waals surface area contributed by atoms with Gasteiger partial charge in [-0.1, -0.05) is 13.3 Å². The van der Waals surface area contributed by atoms with Crippen LogP contribution in [0.15, 0.2) is 24.5 Å². The minimum atomic E-state index is 1.19. The van der Waals surface area contributed by atoms with Crippen LogP contribution in [0.25, 0.3) is 0 Å². The van der Waals surface area contributed by atoms with Gasteiger partial charge in [-0.05, 0) is 12.5 Å². The van der Waals surface area contributed by atoms with E-state index in [0.29, 0.717) is 0 Å². The van der Waals surface area contributed by atoms with E-state index in [0.717, 1.165) is 0 Å². The van der Waals surface area contributed by atoms with Gasteiger partial charge in [0.05, 0.1) is 0 Å². The summed E-state index contributed by atoms with van der Waals surface area (Å²) in [6.45, 7) is 6.95. The van der Waals surface area contributed by atoms with E-state index in [2.05, 4.69) is 43.1 Å². The van der Waals surface area contributed by atoms with Crippen molar-refractivity contribution in [3.63, 3.8) is 0 Å². The molecule has 0 atom stereocenters. The van der Waals surface area contributed by atoms with Crippen LogP contribution in [0.4, 0.5) is 0 Å². The molecular formula is C10H14N2. The van der Waals surface area contributed by atoms with Crippen molar-refractivity contribution in [1.82, 2.24) is 0 Å². The third-order valence-electron chi connectivity index (χ3n) is 1.54. The van der Waals surface area contributed by atoms with Crippen molar-refractivity contribution in [1.29, 1.82) is 5.26 Å². The lowest BCUT2D eigenvalue weighted by Gasteiger charge is -1.93. The molecule has 0 amide bonds. The highest BCUT2D eigenvalue weighted by atomic mass is 14.9. The van der Waals surface area contributed by atoms with Gasteiger partial charge in [0.25, 0.3) is 0 Å². The molecule has 1 aromatic rings. The minimum Gasteiger partial charge on any atom is -0.512 e. The summed E-state index contributed by atoms with van der Waals surface area (Å²) in [5, 5.41) is 6.25. The lowest BCUT2D eigenvalue weighted by atomic mass is 10.2. The van der Waals surface area contributed by atoms with E-state index in [1.165, 1.54) is 18.4 Å². The summed E-state index contributed by atoms with van der Waals surface area (Å²) in [4.78, 5) is 0. The molecule has 12 heavy (non-hydrogen) atoms. The zero-order valence-corrected chi connectivity index (χ0v) is 7.62. The SMILES string of the molecule is CCCc1ccc[n+](C)c1.[C-]#N. The van der Waals surface area contributed by atoms with E-state index < -0.39 is 0 Å². The highest BCUT2D eigenvalue weighted by molar-refractivity contribution is 5.04. The number of aromatic nitrogens is 1. The first-order chi connectivity index (χ1) is 5.83. The molecule has 0 radical (unpaired) electrons. The van der Waals surface area contributed by atoms with Crippen LogP contribution in [0.1, 0.15) is 18.9 Å². The second-order valence-electron chi connectivity index (χ2n) is 2.63. The molecule has 0 saturated carbocycles. The van der Waals surface area contributed by atoms with Gasteiger partial charge in [-0.25, -0.2) is 4.57 Å². The molecule has 0 saturated heterocycles. The zero-order chi connectivity index (χ0) is 9.40. The third-order valence-corrected chi connectivity index (χ3v) is 1.54. The summed E-state index contributed by atoms with van der Waals surface area (Å²) < 4.78 is 2.09. The monoisotopic (exact) mass is 162 g/mol. The van der Waals surface area contributed by atoms with Crippen molar-refractivity contribution >= 4 is 0 Å². The number of hydrogen-bond acceptors (Lipinski definition) is 1. The van der Waals surface area contributed by atoms with Crippen LogP contribution in [-0.4, -0.2) is 0 Å². The standard InChI is InChI=1S/C9H14N.CN/c1-3-5-9-6-4-7-10(2)8-9;1-2/h4,6-8H,3,5H2,1-2H3;/q+1;-1. The Labute approximate surface area is 74.1 Å². The first kappa shape index (κ1) is 10.6. The van der Waals surface area contributed by atoms with Gasteiger partial charge in [-0.3, -0.25) is 0 Å². The Morgan fingerprint density at radius 2 is 2.17 bits per heavy atom. The molecule has 0 bridgehead atoms. The minimum absolute atomic E-state index is 1.19. The summed E-state index contributed by atoms with van der Waals surface area (Å²) in [7, 11) is 2.05. The summed E-state index contributed by atoms with van der Waals surface area (Å²) in [5.74, 6) is 0. The lowest BCUT2D eigenvalue weighted by Crippen LogP contribution is -2.26. The Morgan fingerprint density at radius 1 is 1.50 bits per heavy atom. The molecule has 0 aromatic carbocycles. The Balaban J connectivity index is 0.000000561. The van der Waals surface area contributed by atoms with Crippen LogP contribution in [0.5, 0.6) is 0 Å². The van der Waals surface area contributed by atoms with Crippen LogP contribution >= 0.6 is 0 Å². The fraction of sp³-hybridized carbons (Fsp3) is 0.400. The fourth-order valence-electron chi connectivity index (χ4n) is 1.09. The molecule has 0 spiro atoms. The number of hydrogen-bond donors (Lipinski definition) is 0. The predicted molar refractivity (Wildman–Crippen MR) is 46.6 cm³/mol. The molecule has 0 fully saturated rings. The summed E-state index contributed by atoms with van der Waals surface area (Å²) >= 11 is 0. The van der Waals surface area contributed by atoms with Crippen molar-refractivity contribution in [3.05, 3.63) is 36.7 Å². The van der Waals surface area contributed by atoms with Crippen LogP contribution < -0.4 is 4.57 Å².